The van der Waals surface area contributed by atoms with E-state index in [1.807, 2.05) is 42.5 Å². The van der Waals surface area contributed by atoms with E-state index >= 15 is 0 Å². The Morgan fingerprint density at radius 1 is 0.842 bits per heavy atom. The van der Waals surface area contributed by atoms with Crippen molar-refractivity contribution >= 4 is 34.6 Å². The Bertz CT molecular complexity index is 617. The molecule has 0 aromatic heterocycles. The van der Waals surface area contributed by atoms with E-state index in [4.69, 9.17) is 31.5 Å². The van der Waals surface area contributed by atoms with Gasteiger partial charge in [0, 0.05) is 0 Å². The van der Waals surface area contributed by atoms with E-state index in [0.29, 0.717) is 11.5 Å². The summed E-state index contributed by atoms with van der Waals surface area (Å²) in [5.74, 6) is -3.02. The summed E-state index contributed by atoms with van der Waals surface area (Å²) >= 11 is 12.6. The van der Waals surface area contributed by atoms with Crippen LogP contribution in [-0.4, -0.2) is 6.21 Å². The summed E-state index contributed by atoms with van der Waals surface area (Å²) in [5, 5.41) is 0. The second-order valence-electron chi connectivity index (χ2n) is 4.01. The Balaban J connectivity index is 1.91. The molecule has 0 amide bonds. The summed E-state index contributed by atoms with van der Waals surface area (Å²) in [6, 6.07) is 16.6. The van der Waals surface area contributed by atoms with Crippen LogP contribution in [0.5, 0.6) is 11.5 Å². The number of rotatable bonds is 2. The quantitative estimate of drug-likeness (QED) is 0.564. The van der Waals surface area contributed by atoms with Gasteiger partial charge in [0.05, 0.1) is 0 Å². The van der Waals surface area contributed by atoms with Crippen LogP contribution in [0.1, 0.15) is 5.56 Å². The van der Waals surface area contributed by atoms with Crippen LogP contribution in [0.15, 0.2) is 59.4 Å². The third kappa shape index (κ3) is 2.69. The Morgan fingerprint density at radius 2 is 1.37 bits per heavy atom. The van der Waals surface area contributed by atoms with Crippen molar-refractivity contribution in [2.24, 2.45) is 4.76 Å². The number of nitrogens with zero attached hydrogens (tertiary/aromatic N) is 1. The molecule has 0 unspecified atom stereocenters. The summed E-state index contributed by atoms with van der Waals surface area (Å²) in [5.41, 5.74) is 0.871. The van der Waals surface area contributed by atoms with Crippen molar-refractivity contribution in [3.05, 3.63) is 60.2 Å². The maximum atomic E-state index is 6.29. The average Bonchev–Trinajstić information content (AvgIpc) is 2.70. The van der Waals surface area contributed by atoms with Crippen LogP contribution < -0.4 is 9.05 Å². The van der Waals surface area contributed by atoms with Gasteiger partial charge in [-0.1, -0.05) is 0 Å². The number of para-hydroxylation sites is 2. The summed E-state index contributed by atoms with van der Waals surface area (Å²) in [6.45, 7) is 0. The van der Waals surface area contributed by atoms with Gasteiger partial charge in [-0.05, 0) is 0 Å². The second-order valence-corrected chi connectivity index (χ2v) is 10.2. The molecule has 0 atom stereocenters. The zero-order valence-corrected chi connectivity index (χ0v) is 12.1. The summed E-state index contributed by atoms with van der Waals surface area (Å²) in [4.78, 5) is 0. The average molecular weight is 314 g/mol. The van der Waals surface area contributed by atoms with Gasteiger partial charge in [0.15, 0.2) is 0 Å². The summed E-state index contributed by atoms with van der Waals surface area (Å²) < 4.78 is 15.3. The molecule has 1 aliphatic heterocycles. The number of halogens is 2. The first-order valence-electron chi connectivity index (χ1n) is 5.60. The minimum absolute atomic E-state index is 0.510. The summed E-state index contributed by atoms with van der Waals surface area (Å²) in [7, 11) is 0. The van der Waals surface area contributed by atoms with Crippen LogP contribution in [-0.2, 0) is 0 Å². The van der Waals surface area contributed by atoms with Gasteiger partial charge < -0.3 is 0 Å². The van der Waals surface area contributed by atoms with Gasteiger partial charge in [-0.25, -0.2) is 0 Å². The molecule has 3 nitrogen and oxygen atoms in total. The van der Waals surface area contributed by atoms with E-state index in [-0.39, 0.29) is 0 Å². The molecule has 98 valence electrons. The molecule has 3 rings (SSSR count). The Hall–Kier alpha value is -1.28. The zero-order valence-electron chi connectivity index (χ0n) is 9.74. The van der Waals surface area contributed by atoms with E-state index < -0.39 is 5.91 Å². The second kappa shape index (κ2) is 4.38. The van der Waals surface area contributed by atoms with Gasteiger partial charge in [-0.2, -0.15) is 0 Å². The number of hydrogen-bond acceptors (Lipinski definition) is 3. The van der Waals surface area contributed by atoms with Crippen LogP contribution >= 0.6 is 28.4 Å². The Labute approximate surface area is 120 Å². The molecule has 19 heavy (non-hydrogen) atoms. The fourth-order valence-corrected chi connectivity index (χ4v) is 4.22. The van der Waals surface area contributed by atoms with Crippen LogP contribution in [0.4, 0.5) is 0 Å². The molecular weight excluding hydrogens is 304 g/mol. The monoisotopic (exact) mass is 313 g/mol. The molecule has 0 spiro atoms. The predicted octanol–water partition coefficient (Wildman–Crippen LogP) is 5.18. The first-order chi connectivity index (χ1) is 9.03. The number of benzene rings is 2. The molecule has 2 aromatic carbocycles. The van der Waals surface area contributed by atoms with E-state index in [9.17, 15) is 0 Å². The van der Waals surface area contributed by atoms with Crippen LogP contribution in [0, 0.1) is 0 Å². The summed E-state index contributed by atoms with van der Waals surface area (Å²) in [6.07, 6.45) is 1.56. The number of fused-ring (bicyclic) bond motifs is 1. The van der Waals surface area contributed by atoms with Crippen molar-refractivity contribution in [2.75, 3.05) is 0 Å². The fourth-order valence-electron chi connectivity index (χ4n) is 1.68. The standard InChI is InChI=1S/C13H10Cl2NO2P/c14-19(15,16-10-11-6-2-1-3-7-11)17-12-8-4-5-9-13(12)18-19/h1-10H/b16-10+. The Morgan fingerprint density at radius 3 is 1.95 bits per heavy atom. The maximum absolute atomic E-state index is 6.29. The molecule has 0 aliphatic carbocycles. The van der Waals surface area contributed by atoms with E-state index in [1.54, 1.807) is 18.3 Å². The molecule has 0 bridgehead atoms. The van der Waals surface area contributed by atoms with Crippen molar-refractivity contribution in [3.8, 4) is 11.5 Å². The molecule has 2 aromatic rings. The van der Waals surface area contributed by atoms with E-state index in [1.165, 1.54) is 0 Å². The fraction of sp³-hybridized carbons (Fsp3) is 0. The topological polar surface area (TPSA) is 30.8 Å². The van der Waals surface area contributed by atoms with Crippen LogP contribution in [0.25, 0.3) is 0 Å². The van der Waals surface area contributed by atoms with Gasteiger partial charge >= 0.3 is 120 Å². The van der Waals surface area contributed by atoms with Gasteiger partial charge in [0.1, 0.15) is 0 Å². The molecule has 0 radical (unpaired) electrons. The molecule has 0 saturated carbocycles. The van der Waals surface area contributed by atoms with E-state index in [0.717, 1.165) is 5.56 Å². The molecule has 0 fully saturated rings. The van der Waals surface area contributed by atoms with Crippen molar-refractivity contribution in [1.29, 1.82) is 0 Å². The Kier molecular flexibility index (Phi) is 2.94. The van der Waals surface area contributed by atoms with Crippen LogP contribution in [0.3, 0.4) is 0 Å². The molecule has 1 heterocycles. The van der Waals surface area contributed by atoms with Gasteiger partial charge in [-0.3, -0.25) is 0 Å². The molecule has 0 saturated heterocycles. The molecule has 1 aliphatic rings. The predicted molar refractivity (Wildman–Crippen MR) is 80.4 cm³/mol. The molecular formula is C13H10Cl2NO2P. The van der Waals surface area contributed by atoms with Crippen molar-refractivity contribution in [2.45, 2.75) is 0 Å². The van der Waals surface area contributed by atoms with Gasteiger partial charge in [0.25, 0.3) is 0 Å². The van der Waals surface area contributed by atoms with Gasteiger partial charge in [0.2, 0.25) is 0 Å². The van der Waals surface area contributed by atoms with Crippen molar-refractivity contribution < 1.29 is 9.05 Å². The first-order valence-corrected chi connectivity index (χ1v) is 9.43. The zero-order chi connectivity index (χ0) is 13.4. The third-order valence-electron chi connectivity index (χ3n) is 2.53. The molecule has 0 N–H and O–H groups in total. The van der Waals surface area contributed by atoms with Gasteiger partial charge in [-0.15, -0.1) is 0 Å². The number of hydrogen-bond donors (Lipinski definition) is 0. The normalized spacial score (nSPS) is 20.8. The van der Waals surface area contributed by atoms with Crippen molar-refractivity contribution in [3.63, 3.8) is 0 Å². The first kappa shape index (κ1) is 12.7. The third-order valence-corrected chi connectivity index (χ3v) is 5.34. The molecule has 6 heteroatoms. The van der Waals surface area contributed by atoms with E-state index in [2.05, 4.69) is 4.76 Å². The van der Waals surface area contributed by atoms with Crippen LogP contribution in [0.2, 0.25) is 0 Å². The minimum atomic E-state index is -4.04. The van der Waals surface area contributed by atoms with Crippen molar-refractivity contribution in [1.82, 2.24) is 0 Å². The SMILES string of the molecule is ClP1(Cl)(/N=C/c2ccccc2)Oc2ccccc2O1.